The van der Waals surface area contributed by atoms with Gasteiger partial charge in [0, 0.05) is 6.20 Å². The highest BCUT2D eigenvalue weighted by molar-refractivity contribution is 5.40. The molecule has 2 heterocycles. The fourth-order valence-corrected chi connectivity index (χ4v) is 1.69. The Labute approximate surface area is 103 Å². The van der Waals surface area contributed by atoms with E-state index in [0.29, 0.717) is 17.3 Å². The summed E-state index contributed by atoms with van der Waals surface area (Å²) >= 11 is 0. The smallest absolute Gasteiger partial charge is 0.261 e. The zero-order valence-electron chi connectivity index (χ0n) is 9.48. The van der Waals surface area contributed by atoms with Gasteiger partial charge in [0.2, 0.25) is 5.88 Å². The van der Waals surface area contributed by atoms with Gasteiger partial charge < -0.3 is 4.74 Å². The molecular weight excluding hydrogens is 228 g/mol. The zero-order valence-corrected chi connectivity index (χ0v) is 9.48. The largest absolute Gasteiger partial charge is 0.439 e. The van der Waals surface area contributed by atoms with E-state index in [9.17, 15) is 4.79 Å². The van der Waals surface area contributed by atoms with Crippen molar-refractivity contribution in [2.75, 3.05) is 0 Å². The quantitative estimate of drug-likeness (QED) is 0.689. The summed E-state index contributed by atoms with van der Waals surface area (Å²) in [5, 5.41) is 0. The molecule has 0 spiro atoms. The molecule has 0 saturated heterocycles. The lowest BCUT2D eigenvalue weighted by molar-refractivity contribution is 0.462. The van der Waals surface area contributed by atoms with Crippen LogP contribution in [0, 0.1) is 0 Å². The molecule has 0 fully saturated rings. The fraction of sp³-hybridized carbons (Fsp3) is 0. The highest BCUT2D eigenvalue weighted by atomic mass is 16.5. The Morgan fingerprint density at radius 2 is 1.78 bits per heavy atom. The van der Waals surface area contributed by atoms with Gasteiger partial charge in [-0.1, -0.05) is 24.3 Å². The number of rotatable bonds is 2. The van der Waals surface area contributed by atoms with E-state index in [-0.39, 0.29) is 5.56 Å². The van der Waals surface area contributed by atoms with Crippen LogP contribution in [0.15, 0.2) is 65.6 Å². The van der Waals surface area contributed by atoms with E-state index in [1.54, 1.807) is 18.3 Å². The van der Waals surface area contributed by atoms with Crippen molar-refractivity contribution in [2.24, 2.45) is 0 Å². The molecule has 0 aliphatic rings. The summed E-state index contributed by atoms with van der Waals surface area (Å²) in [4.78, 5) is 16.1. The molecule has 0 unspecified atom stereocenters. The first-order valence-electron chi connectivity index (χ1n) is 5.54. The first-order chi connectivity index (χ1) is 8.83. The number of benzene rings is 1. The van der Waals surface area contributed by atoms with Crippen molar-refractivity contribution in [1.29, 1.82) is 0 Å². The van der Waals surface area contributed by atoms with E-state index in [4.69, 9.17) is 4.74 Å². The third kappa shape index (κ3) is 1.96. The normalized spacial score (nSPS) is 10.4. The zero-order chi connectivity index (χ0) is 12.4. The molecular formula is C14H10N2O2. The molecule has 3 aromatic rings. The number of aromatic nitrogens is 2. The lowest BCUT2D eigenvalue weighted by Gasteiger charge is -2.05. The Morgan fingerprint density at radius 1 is 1.00 bits per heavy atom. The summed E-state index contributed by atoms with van der Waals surface area (Å²) in [5.74, 6) is 0.960. The van der Waals surface area contributed by atoms with Gasteiger partial charge in [-0.05, 0) is 24.3 Å². The van der Waals surface area contributed by atoms with Crippen molar-refractivity contribution < 1.29 is 4.74 Å². The van der Waals surface area contributed by atoms with Gasteiger partial charge in [0.25, 0.3) is 5.56 Å². The molecule has 4 heteroatoms. The monoisotopic (exact) mass is 238 g/mol. The van der Waals surface area contributed by atoms with E-state index < -0.39 is 0 Å². The van der Waals surface area contributed by atoms with Crippen LogP contribution in [0.25, 0.3) is 5.65 Å². The summed E-state index contributed by atoms with van der Waals surface area (Å²) in [6, 6.07) is 16.0. The average molecular weight is 238 g/mol. The van der Waals surface area contributed by atoms with Crippen molar-refractivity contribution in [3.05, 3.63) is 71.1 Å². The molecule has 88 valence electrons. The number of hydrogen-bond donors (Lipinski definition) is 0. The van der Waals surface area contributed by atoms with E-state index in [1.165, 1.54) is 10.5 Å². The third-order valence-corrected chi connectivity index (χ3v) is 2.51. The predicted molar refractivity (Wildman–Crippen MR) is 68.0 cm³/mol. The number of hydrogen-bond acceptors (Lipinski definition) is 3. The number of ether oxygens (including phenoxy) is 1. The van der Waals surface area contributed by atoms with Gasteiger partial charge in [0.05, 0.1) is 6.07 Å². The van der Waals surface area contributed by atoms with Crippen molar-refractivity contribution in [2.45, 2.75) is 0 Å². The number of pyridine rings is 1. The van der Waals surface area contributed by atoms with Gasteiger partial charge in [0.15, 0.2) is 0 Å². The van der Waals surface area contributed by atoms with E-state index in [1.807, 2.05) is 36.4 Å². The van der Waals surface area contributed by atoms with Crippen LogP contribution >= 0.6 is 0 Å². The molecule has 0 aliphatic carbocycles. The van der Waals surface area contributed by atoms with Gasteiger partial charge in [-0.2, -0.15) is 4.98 Å². The summed E-state index contributed by atoms with van der Waals surface area (Å²) < 4.78 is 7.01. The molecule has 0 atom stereocenters. The van der Waals surface area contributed by atoms with Gasteiger partial charge in [-0.3, -0.25) is 9.20 Å². The second-order valence-corrected chi connectivity index (χ2v) is 3.78. The molecule has 1 aromatic carbocycles. The van der Waals surface area contributed by atoms with Gasteiger partial charge in [-0.25, -0.2) is 0 Å². The molecule has 0 N–H and O–H groups in total. The van der Waals surface area contributed by atoms with Crippen LogP contribution < -0.4 is 10.3 Å². The number of nitrogens with zero attached hydrogens (tertiary/aromatic N) is 2. The Balaban J connectivity index is 2.06. The summed E-state index contributed by atoms with van der Waals surface area (Å²) in [6.07, 6.45) is 1.68. The van der Waals surface area contributed by atoms with Gasteiger partial charge in [-0.15, -0.1) is 0 Å². The van der Waals surface area contributed by atoms with Crippen LogP contribution in [0.3, 0.4) is 0 Å². The minimum Gasteiger partial charge on any atom is -0.439 e. The van der Waals surface area contributed by atoms with E-state index in [0.717, 1.165) is 0 Å². The SMILES string of the molecule is O=c1cc(Oc2ccccc2)nc2ccccn12. The summed E-state index contributed by atoms with van der Waals surface area (Å²) in [7, 11) is 0. The molecule has 0 saturated carbocycles. The minimum absolute atomic E-state index is 0.161. The van der Waals surface area contributed by atoms with Crippen LogP contribution in [0.1, 0.15) is 0 Å². The fourth-order valence-electron chi connectivity index (χ4n) is 1.69. The van der Waals surface area contributed by atoms with Crippen molar-refractivity contribution in [3.8, 4) is 11.6 Å². The third-order valence-electron chi connectivity index (χ3n) is 2.51. The second kappa shape index (κ2) is 4.33. The molecule has 0 bridgehead atoms. The standard InChI is InChI=1S/C14H10N2O2/c17-14-10-13(18-11-6-2-1-3-7-11)15-12-8-4-5-9-16(12)14/h1-10H. The maximum absolute atomic E-state index is 11.8. The molecule has 3 rings (SSSR count). The maximum Gasteiger partial charge on any atom is 0.261 e. The maximum atomic E-state index is 11.8. The van der Waals surface area contributed by atoms with E-state index in [2.05, 4.69) is 4.98 Å². The van der Waals surface area contributed by atoms with Crippen LogP contribution in [0.4, 0.5) is 0 Å². The highest BCUT2D eigenvalue weighted by Gasteiger charge is 2.03. The summed E-state index contributed by atoms with van der Waals surface area (Å²) in [6.45, 7) is 0. The molecule has 0 aliphatic heterocycles. The second-order valence-electron chi connectivity index (χ2n) is 3.78. The molecule has 4 nitrogen and oxygen atoms in total. The van der Waals surface area contributed by atoms with Crippen molar-refractivity contribution in [3.63, 3.8) is 0 Å². The average Bonchev–Trinajstić information content (AvgIpc) is 2.40. The van der Waals surface area contributed by atoms with Gasteiger partial charge in [0.1, 0.15) is 11.4 Å². The highest BCUT2D eigenvalue weighted by Crippen LogP contribution is 2.17. The first-order valence-corrected chi connectivity index (χ1v) is 5.54. The predicted octanol–water partition coefficient (Wildman–Crippen LogP) is 2.49. The van der Waals surface area contributed by atoms with Gasteiger partial charge >= 0.3 is 0 Å². The van der Waals surface area contributed by atoms with Crippen molar-refractivity contribution in [1.82, 2.24) is 9.38 Å². The Bertz CT molecular complexity index is 735. The van der Waals surface area contributed by atoms with Crippen LogP contribution in [-0.2, 0) is 0 Å². The molecule has 2 aromatic heterocycles. The lowest BCUT2D eigenvalue weighted by atomic mass is 10.3. The number of para-hydroxylation sites is 1. The molecule has 18 heavy (non-hydrogen) atoms. The van der Waals surface area contributed by atoms with Crippen LogP contribution in [0.5, 0.6) is 11.6 Å². The molecule has 0 radical (unpaired) electrons. The topological polar surface area (TPSA) is 43.6 Å². The van der Waals surface area contributed by atoms with Crippen molar-refractivity contribution >= 4 is 5.65 Å². The van der Waals surface area contributed by atoms with E-state index >= 15 is 0 Å². The number of fused-ring (bicyclic) bond motifs is 1. The van der Waals surface area contributed by atoms with Crippen LogP contribution in [-0.4, -0.2) is 9.38 Å². The lowest BCUT2D eigenvalue weighted by Crippen LogP contribution is -2.13. The summed E-state index contributed by atoms with van der Waals surface area (Å²) in [5.41, 5.74) is 0.405. The Kier molecular flexibility index (Phi) is 2.53. The minimum atomic E-state index is -0.161. The van der Waals surface area contributed by atoms with Crippen LogP contribution in [0.2, 0.25) is 0 Å². The first kappa shape index (κ1) is 10.5. The Morgan fingerprint density at radius 3 is 2.61 bits per heavy atom. The Hall–Kier alpha value is -2.62. The molecule has 0 amide bonds.